The molecule has 0 saturated heterocycles. The van der Waals surface area contributed by atoms with E-state index in [1.807, 2.05) is 17.7 Å². The van der Waals surface area contributed by atoms with Crippen LogP contribution in [0.25, 0.3) is 11.4 Å². The lowest BCUT2D eigenvalue weighted by Gasteiger charge is -2.08. The highest BCUT2D eigenvalue weighted by atomic mass is 79.9. The average molecular weight is 428 g/mol. The van der Waals surface area contributed by atoms with E-state index in [4.69, 9.17) is 0 Å². The zero-order chi connectivity index (χ0) is 18.2. The van der Waals surface area contributed by atoms with E-state index in [1.54, 1.807) is 12.3 Å². The Morgan fingerprint density at radius 3 is 2.68 bits per heavy atom. The number of rotatable bonds is 4. The topological polar surface area (TPSA) is 74.8 Å². The Labute approximate surface area is 151 Å². The molecule has 0 amide bonds. The van der Waals surface area contributed by atoms with Crippen LogP contribution in [0.15, 0.2) is 52.1 Å². The molecule has 0 unspecified atom stereocenters. The van der Waals surface area contributed by atoms with E-state index >= 15 is 0 Å². The second-order valence-electron chi connectivity index (χ2n) is 5.27. The molecule has 0 atom stereocenters. The van der Waals surface area contributed by atoms with Crippen molar-refractivity contribution in [1.29, 1.82) is 0 Å². The summed E-state index contributed by atoms with van der Waals surface area (Å²) in [5.41, 5.74) is 1.49. The lowest BCUT2D eigenvalue weighted by atomic mass is 10.2. The summed E-state index contributed by atoms with van der Waals surface area (Å²) >= 11 is 2.84. The van der Waals surface area contributed by atoms with Gasteiger partial charge >= 0.3 is 0 Å². The number of benzene rings is 1. The van der Waals surface area contributed by atoms with Gasteiger partial charge in [0.25, 0.3) is 10.0 Å². The van der Waals surface area contributed by atoms with Gasteiger partial charge in [-0.15, -0.1) is 0 Å². The Morgan fingerprint density at radius 1 is 1.20 bits per heavy atom. The standard InChI is InChI=1S/C16H12BrF2N3O2S/c1-9-3-2-4-20-16(9)15-5-10(8-21-15)25(23,24)22-14-7-12(18)11(17)6-13(14)19/h2-8,21-22H,1H3. The molecular weight excluding hydrogens is 416 g/mol. The van der Waals surface area contributed by atoms with Gasteiger partial charge in [0.05, 0.1) is 21.5 Å². The Balaban J connectivity index is 1.94. The monoisotopic (exact) mass is 427 g/mol. The van der Waals surface area contributed by atoms with E-state index in [0.717, 1.165) is 17.7 Å². The number of pyridine rings is 1. The number of H-pyrrole nitrogens is 1. The molecule has 0 radical (unpaired) electrons. The minimum Gasteiger partial charge on any atom is -0.359 e. The first kappa shape index (κ1) is 17.6. The van der Waals surface area contributed by atoms with Gasteiger partial charge in [0.1, 0.15) is 16.5 Å². The smallest absolute Gasteiger partial charge is 0.263 e. The van der Waals surface area contributed by atoms with Crippen molar-refractivity contribution in [3.63, 3.8) is 0 Å². The summed E-state index contributed by atoms with van der Waals surface area (Å²) in [6.45, 7) is 1.84. The lowest BCUT2D eigenvalue weighted by Crippen LogP contribution is -2.13. The number of aromatic amines is 1. The summed E-state index contributed by atoms with van der Waals surface area (Å²) in [4.78, 5) is 6.92. The molecule has 0 bridgehead atoms. The Kier molecular flexibility index (Phi) is 4.61. The molecule has 3 aromatic rings. The zero-order valence-corrected chi connectivity index (χ0v) is 15.2. The molecule has 2 N–H and O–H groups in total. The number of hydrogen-bond donors (Lipinski definition) is 2. The zero-order valence-electron chi connectivity index (χ0n) is 12.8. The van der Waals surface area contributed by atoms with E-state index in [9.17, 15) is 17.2 Å². The lowest BCUT2D eigenvalue weighted by molar-refractivity contribution is 0.592. The van der Waals surface area contributed by atoms with Gasteiger partial charge in [-0.2, -0.15) is 0 Å². The molecule has 0 aliphatic heterocycles. The number of anilines is 1. The van der Waals surface area contributed by atoms with Gasteiger partial charge in [-0.25, -0.2) is 17.2 Å². The maximum Gasteiger partial charge on any atom is 0.263 e. The number of aryl methyl sites for hydroxylation is 1. The molecule has 0 aliphatic rings. The molecule has 0 fully saturated rings. The van der Waals surface area contributed by atoms with Gasteiger partial charge in [-0.3, -0.25) is 9.71 Å². The highest BCUT2D eigenvalue weighted by Crippen LogP contribution is 2.27. The van der Waals surface area contributed by atoms with E-state index < -0.39 is 27.3 Å². The number of aromatic nitrogens is 2. The van der Waals surface area contributed by atoms with Crippen LogP contribution in [0.1, 0.15) is 5.56 Å². The third kappa shape index (κ3) is 3.57. The van der Waals surface area contributed by atoms with Gasteiger partial charge in [-0.05, 0) is 46.6 Å². The molecule has 2 heterocycles. The summed E-state index contributed by atoms with van der Waals surface area (Å²) in [6, 6.07) is 6.62. The molecule has 130 valence electrons. The van der Waals surface area contributed by atoms with Crippen LogP contribution in [-0.2, 0) is 10.0 Å². The maximum absolute atomic E-state index is 13.9. The number of halogens is 3. The number of hydrogen-bond acceptors (Lipinski definition) is 3. The predicted molar refractivity (Wildman–Crippen MR) is 93.6 cm³/mol. The number of nitrogens with one attached hydrogen (secondary N) is 2. The van der Waals surface area contributed by atoms with Crippen LogP contribution in [0.3, 0.4) is 0 Å². The summed E-state index contributed by atoms with van der Waals surface area (Å²) in [5.74, 6) is -1.67. The second-order valence-corrected chi connectivity index (χ2v) is 7.81. The average Bonchev–Trinajstić information content (AvgIpc) is 3.03. The van der Waals surface area contributed by atoms with Gasteiger partial charge in [0.15, 0.2) is 0 Å². The van der Waals surface area contributed by atoms with Crippen molar-refractivity contribution < 1.29 is 17.2 Å². The fraction of sp³-hybridized carbons (Fsp3) is 0.0625. The summed E-state index contributed by atoms with van der Waals surface area (Å²) in [7, 11) is -4.10. The fourth-order valence-corrected chi connectivity index (χ4v) is 3.60. The van der Waals surface area contributed by atoms with Crippen LogP contribution in [0, 0.1) is 18.6 Å². The Morgan fingerprint density at radius 2 is 1.96 bits per heavy atom. The molecule has 25 heavy (non-hydrogen) atoms. The van der Waals surface area contributed by atoms with Crippen molar-refractivity contribution in [1.82, 2.24) is 9.97 Å². The van der Waals surface area contributed by atoms with E-state index in [1.165, 1.54) is 12.3 Å². The molecule has 1 aromatic carbocycles. The van der Waals surface area contributed by atoms with Crippen LogP contribution in [-0.4, -0.2) is 18.4 Å². The molecule has 2 aromatic heterocycles. The highest BCUT2D eigenvalue weighted by Gasteiger charge is 2.20. The predicted octanol–water partition coefficient (Wildman–Crippen LogP) is 4.23. The van der Waals surface area contributed by atoms with Crippen LogP contribution in [0.4, 0.5) is 14.5 Å². The Hall–Kier alpha value is -2.26. The van der Waals surface area contributed by atoms with Gasteiger partial charge in [0, 0.05) is 18.5 Å². The molecule has 0 saturated carbocycles. The van der Waals surface area contributed by atoms with Crippen molar-refractivity contribution in [2.75, 3.05) is 4.72 Å². The number of sulfonamides is 1. The van der Waals surface area contributed by atoms with Crippen molar-refractivity contribution >= 4 is 31.6 Å². The first-order chi connectivity index (χ1) is 11.8. The molecule has 9 heteroatoms. The van der Waals surface area contributed by atoms with E-state index in [0.29, 0.717) is 11.4 Å². The normalized spacial score (nSPS) is 11.5. The van der Waals surface area contributed by atoms with Crippen LogP contribution >= 0.6 is 15.9 Å². The van der Waals surface area contributed by atoms with Crippen LogP contribution in [0.2, 0.25) is 0 Å². The summed E-state index contributed by atoms with van der Waals surface area (Å²) in [6.07, 6.45) is 2.86. The minimum absolute atomic E-state index is 0.0949. The van der Waals surface area contributed by atoms with Crippen molar-refractivity contribution in [2.24, 2.45) is 0 Å². The quantitative estimate of drug-likeness (QED) is 0.611. The van der Waals surface area contributed by atoms with Crippen LogP contribution in [0.5, 0.6) is 0 Å². The van der Waals surface area contributed by atoms with Crippen molar-refractivity contribution in [2.45, 2.75) is 11.8 Å². The molecule has 0 spiro atoms. The third-order valence-corrected chi connectivity index (χ3v) is 5.44. The van der Waals surface area contributed by atoms with Gasteiger partial charge < -0.3 is 4.98 Å². The third-order valence-electron chi connectivity index (χ3n) is 3.49. The summed E-state index contributed by atoms with van der Waals surface area (Å²) in [5, 5.41) is 0. The maximum atomic E-state index is 13.9. The van der Waals surface area contributed by atoms with Crippen molar-refractivity contribution in [3.8, 4) is 11.4 Å². The molecule has 3 rings (SSSR count). The molecule has 0 aliphatic carbocycles. The number of nitrogens with zero attached hydrogens (tertiary/aromatic N) is 1. The first-order valence-electron chi connectivity index (χ1n) is 7.06. The van der Waals surface area contributed by atoms with E-state index in [-0.39, 0.29) is 9.37 Å². The first-order valence-corrected chi connectivity index (χ1v) is 9.33. The molecule has 5 nitrogen and oxygen atoms in total. The second kappa shape index (κ2) is 6.57. The fourth-order valence-electron chi connectivity index (χ4n) is 2.24. The van der Waals surface area contributed by atoms with Gasteiger partial charge in [-0.1, -0.05) is 6.07 Å². The van der Waals surface area contributed by atoms with Gasteiger partial charge in [0.2, 0.25) is 0 Å². The van der Waals surface area contributed by atoms with E-state index in [2.05, 4.69) is 25.9 Å². The highest BCUT2D eigenvalue weighted by molar-refractivity contribution is 9.10. The minimum atomic E-state index is -4.10. The Bertz CT molecular complexity index is 1050. The van der Waals surface area contributed by atoms with Crippen LogP contribution < -0.4 is 4.72 Å². The van der Waals surface area contributed by atoms with Crippen molar-refractivity contribution in [3.05, 3.63) is 64.4 Å². The largest absolute Gasteiger partial charge is 0.359 e. The molecular formula is C16H12BrF2N3O2S. The summed E-state index contributed by atoms with van der Waals surface area (Å²) < 4.78 is 54.2. The SMILES string of the molecule is Cc1cccnc1-c1cc(S(=O)(=O)Nc2cc(F)c(Br)cc2F)c[nH]1.